The lowest BCUT2D eigenvalue weighted by Gasteiger charge is -2.36. The second-order valence-corrected chi connectivity index (χ2v) is 15.9. The summed E-state index contributed by atoms with van der Waals surface area (Å²) in [6, 6.07) is 32.1. The van der Waals surface area contributed by atoms with Crippen LogP contribution in [0.4, 0.5) is 5.69 Å². The van der Waals surface area contributed by atoms with E-state index in [0.29, 0.717) is 25.1 Å². The topological polar surface area (TPSA) is 85.0 Å². The normalized spacial score (nSPS) is 17.6. The minimum atomic E-state index is -4.02. The van der Waals surface area contributed by atoms with E-state index in [-0.39, 0.29) is 6.17 Å². The predicted molar refractivity (Wildman–Crippen MR) is 201 cm³/mol. The number of nitrogens with one attached hydrogen (secondary N) is 2. The molecule has 6 rings (SSSR count). The van der Waals surface area contributed by atoms with Crippen LogP contribution in [-0.2, 0) is 16.8 Å². The maximum absolute atomic E-state index is 13.4. The fraction of sp³-hybridized carbons (Fsp3) is 0.342. The van der Waals surface area contributed by atoms with E-state index in [0.717, 1.165) is 67.6 Å². The first-order chi connectivity index (χ1) is 23.7. The molecule has 0 saturated carbocycles. The zero-order chi connectivity index (χ0) is 34.2. The van der Waals surface area contributed by atoms with Crippen molar-refractivity contribution >= 4 is 45.2 Å². The van der Waals surface area contributed by atoms with Gasteiger partial charge in [0.05, 0.1) is 6.17 Å². The summed E-state index contributed by atoms with van der Waals surface area (Å²) in [6.07, 6.45) is 2.07. The molecule has 2 N–H and O–H groups in total. The van der Waals surface area contributed by atoms with Crippen LogP contribution in [-0.4, -0.2) is 74.7 Å². The lowest BCUT2D eigenvalue weighted by Crippen LogP contribution is -2.55. The summed E-state index contributed by atoms with van der Waals surface area (Å²) >= 11 is 7.85. The van der Waals surface area contributed by atoms with E-state index < -0.39 is 16.1 Å². The molecular weight excluding hydrogens is 674 g/mol. The molecule has 2 fully saturated rings. The van der Waals surface area contributed by atoms with Crippen LogP contribution in [0.3, 0.4) is 0 Å². The van der Waals surface area contributed by atoms with Gasteiger partial charge >= 0.3 is 10.2 Å². The average Bonchev–Trinajstić information content (AvgIpc) is 3.12. The molecule has 4 aromatic rings. The number of aryl methyl sites for hydroxylation is 1. The molecule has 0 radical (unpaired) electrons. The number of hydrogen-bond acceptors (Lipinski definition) is 7. The number of piperazine rings is 1. The number of amides is 1. The summed E-state index contributed by atoms with van der Waals surface area (Å²) in [7, 11) is -4.02. The minimum Gasteiger partial charge on any atom is -0.369 e. The molecule has 1 unspecified atom stereocenters. The number of hydrogen-bond donors (Lipinski definition) is 2. The molecule has 258 valence electrons. The molecule has 1 amide bonds. The van der Waals surface area contributed by atoms with Crippen molar-refractivity contribution in [2.24, 2.45) is 0 Å². The van der Waals surface area contributed by atoms with Gasteiger partial charge in [0, 0.05) is 72.7 Å². The zero-order valence-electron chi connectivity index (χ0n) is 27.9. The van der Waals surface area contributed by atoms with Gasteiger partial charge in [0.1, 0.15) is 0 Å². The third kappa shape index (κ3) is 9.45. The van der Waals surface area contributed by atoms with Crippen LogP contribution in [0.2, 0.25) is 5.02 Å². The molecule has 8 nitrogen and oxygen atoms in total. The zero-order valence-corrected chi connectivity index (χ0v) is 30.2. The van der Waals surface area contributed by atoms with Gasteiger partial charge in [-0.1, -0.05) is 65.7 Å². The highest BCUT2D eigenvalue weighted by molar-refractivity contribution is 7.99. The van der Waals surface area contributed by atoms with Gasteiger partial charge in [-0.05, 0) is 91.4 Å². The van der Waals surface area contributed by atoms with E-state index in [9.17, 15) is 13.2 Å². The van der Waals surface area contributed by atoms with E-state index in [1.807, 2.05) is 24.3 Å². The van der Waals surface area contributed by atoms with Crippen LogP contribution in [0.15, 0.2) is 102 Å². The average molecular weight is 718 g/mol. The van der Waals surface area contributed by atoms with Crippen molar-refractivity contribution in [2.75, 3.05) is 49.9 Å². The summed E-state index contributed by atoms with van der Waals surface area (Å²) in [5.41, 5.74) is 6.23. The Balaban J connectivity index is 0.991. The van der Waals surface area contributed by atoms with Crippen LogP contribution in [0.5, 0.6) is 0 Å². The third-order valence-corrected chi connectivity index (χ3v) is 12.0. The number of rotatable bonds is 12. The second-order valence-electron chi connectivity index (χ2n) is 12.6. The largest absolute Gasteiger partial charge is 0.369 e. The summed E-state index contributed by atoms with van der Waals surface area (Å²) < 4.78 is 30.5. The summed E-state index contributed by atoms with van der Waals surface area (Å²) in [5.74, 6) is 0.203. The Morgan fingerprint density at radius 3 is 2.31 bits per heavy atom. The number of thioether (sulfide) groups is 1. The van der Waals surface area contributed by atoms with Gasteiger partial charge < -0.3 is 10.2 Å². The van der Waals surface area contributed by atoms with E-state index in [1.54, 1.807) is 23.9 Å². The van der Waals surface area contributed by atoms with Crippen LogP contribution >= 0.6 is 23.4 Å². The van der Waals surface area contributed by atoms with Crippen molar-refractivity contribution < 1.29 is 13.2 Å². The molecule has 0 aliphatic carbocycles. The van der Waals surface area contributed by atoms with Crippen molar-refractivity contribution in [3.05, 3.63) is 119 Å². The first kappa shape index (κ1) is 35.4. The van der Waals surface area contributed by atoms with Crippen molar-refractivity contribution in [3.63, 3.8) is 0 Å². The maximum Gasteiger partial charge on any atom is 0.305 e. The molecule has 0 aromatic heterocycles. The van der Waals surface area contributed by atoms with Gasteiger partial charge in [0.15, 0.2) is 0 Å². The first-order valence-corrected chi connectivity index (χ1v) is 19.7. The fourth-order valence-corrected chi connectivity index (χ4v) is 8.72. The Morgan fingerprint density at radius 2 is 1.57 bits per heavy atom. The second kappa shape index (κ2) is 16.6. The van der Waals surface area contributed by atoms with Gasteiger partial charge in [-0.3, -0.25) is 9.69 Å². The highest BCUT2D eigenvalue weighted by atomic mass is 35.5. The molecule has 4 aromatic carbocycles. The van der Waals surface area contributed by atoms with E-state index in [4.69, 9.17) is 11.6 Å². The molecule has 49 heavy (non-hydrogen) atoms. The van der Waals surface area contributed by atoms with Crippen molar-refractivity contribution in [1.82, 2.24) is 19.2 Å². The SMILES string of the molecule is Cc1ccc(SCCNC2CCCCN2S(=O)(=O)NC(=O)c2ccc(N3CCN(Cc4ccccc4-c4ccc(Cl)cc4)CC3)cc2)cc1. The monoisotopic (exact) mass is 717 g/mol. The lowest BCUT2D eigenvalue weighted by atomic mass is 9.99. The van der Waals surface area contributed by atoms with Gasteiger partial charge in [0.2, 0.25) is 0 Å². The lowest BCUT2D eigenvalue weighted by molar-refractivity contribution is 0.0976. The number of carbonyl (C=O) groups is 1. The van der Waals surface area contributed by atoms with Gasteiger partial charge in [-0.25, -0.2) is 4.72 Å². The molecule has 11 heteroatoms. The molecule has 2 aliphatic rings. The Morgan fingerprint density at radius 1 is 0.857 bits per heavy atom. The summed E-state index contributed by atoms with van der Waals surface area (Å²) in [5, 5.41) is 4.14. The molecule has 2 aliphatic heterocycles. The molecule has 2 saturated heterocycles. The van der Waals surface area contributed by atoms with E-state index >= 15 is 0 Å². The van der Waals surface area contributed by atoms with Crippen LogP contribution < -0.4 is 14.9 Å². The van der Waals surface area contributed by atoms with Crippen molar-refractivity contribution in [3.8, 4) is 11.1 Å². The van der Waals surface area contributed by atoms with E-state index in [2.05, 4.69) is 87.4 Å². The van der Waals surface area contributed by atoms with Crippen LogP contribution in [0.25, 0.3) is 11.1 Å². The van der Waals surface area contributed by atoms with E-state index in [1.165, 1.54) is 25.9 Å². The predicted octanol–water partition coefficient (Wildman–Crippen LogP) is 6.81. The molecule has 2 heterocycles. The number of anilines is 1. The molecule has 1 atom stereocenters. The number of piperidine rings is 1. The third-order valence-electron chi connectivity index (χ3n) is 9.19. The Bertz CT molecular complexity index is 1800. The Hall–Kier alpha value is -3.38. The fourth-order valence-electron chi connectivity index (χ4n) is 6.46. The Kier molecular flexibility index (Phi) is 12.0. The van der Waals surface area contributed by atoms with Crippen LogP contribution in [0.1, 0.15) is 40.7 Å². The standard InChI is InChI=1S/C38H44ClN5O3S2/c1-29-9-19-35(20-10-29)48-27-21-40-37-8-4-5-22-44(37)49(46,47)41-38(45)31-13-17-34(18-14-31)43-25-23-42(24-26-43)28-32-6-2-3-7-36(32)30-11-15-33(39)16-12-30/h2-3,6-7,9-20,37,40H,4-5,8,21-28H2,1H3,(H,41,45). The minimum absolute atomic E-state index is 0.320. The van der Waals surface area contributed by atoms with Crippen molar-refractivity contribution in [2.45, 2.75) is 43.8 Å². The molecule has 0 spiro atoms. The van der Waals surface area contributed by atoms with Gasteiger partial charge in [-0.15, -0.1) is 11.8 Å². The van der Waals surface area contributed by atoms with Gasteiger partial charge in [0.25, 0.3) is 5.91 Å². The highest BCUT2D eigenvalue weighted by Gasteiger charge is 2.33. The molecule has 0 bridgehead atoms. The first-order valence-electron chi connectivity index (χ1n) is 16.9. The maximum atomic E-state index is 13.4. The van der Waals surface area contributed by atoms with Crippen LogP contribution in [0, 0.1) is 6.92 Å². The highest BCUT2D eigenvalue weighted by Crippen LogP contribution is 2.27. The quantitative estimate of drug-likeness (QED) is 0.123. The molecular formula is C38H44ClN5O3S2. The number of halogens is 1. The number of carbonyl (C=O) groups excluding carboxylic acids is 1. The summed E-state index contributed by atoms with van der Waals surface area (Å²) in [4.78, 5) is 19.1. The van der Waals surface area contributed by atoms with Crippen molar-refractivity contribution in [1.29, 1.82) is 0 Å². The summed E-state index contributed by atoms with van der Waals surface area (Å²) in [6.45, 7) is 7.50. The number of nitrogens with zero attached hydrogens (tertiary/aromatic N) is 3. The smallest absolute Gasteiger partial charge is 0.305 e. The van der Waals surface area contributed by atoms with Gasteiger partial charge in [-0.2, -0.15) is 12.7 Å². The Labute approximate surface area is 300 Å². The number of benzene rings is 4.